The molecule has 0 amide bonds. The zero-order valence-electron chi connectivity index (χ0n) is 13.9. The third kappa shape index (κ3) is 3.24. The summed E-state index contributed by atoms with van der Waals surface area (Å²) in [5.41, 5.74) is 1.67. The topological polar surface area (TPSA) is 96.3 Å². The number of hydrogen-bond acceptors (Lipinski definition) is 9. The Balaban J connectivity index is 1.27. The van der Waals surface area contributed by atoms with Crippen LogP contribution in [-0.2, 0) is 5.75 Å². The van der Waals surface area contributed by atoms with Gasteiger partial charge in [0.05, 0.1) is 5.75 Å². The molecule has 1 aliphatic rings. The van der Waals surface area contributed by atoms with Gasteiger partial charge >= 0.3 is 0 Å². The third-order valence-electron chi connectivity index (χ3n) is 3.85. The Kier molecular flexibility index (Phi) is 3.98. The second-order valence-corrected chi connectivity index (χ2v) is 6.53. The molecule has 0 bridgehead atoms. The second kappa shape index (κ2) is 6.76. The van der Waals surface area contributed by atoms with Gasteiger partial charge in [-0.15, -0.1) is 10.2 Å². The highest BCUT2D eigenvalue weighted by atomic mass is 32.2. The molecule has 0 saturated heterocycles. The van der Waals surface area contributed by atoms with Crippen LogP contribution in [-0.4, -0.2) is 27.1 Å². The molecule has 0 spiro atoms. The maximum atomic E-state index is 5.70. The Morgan fingerprint density at radius 1 is 0.926 bits per heavy atom. The maximum Gasteiger partial charge on any atom is 0.277 e. The molecule has 0 N–H and O–H groups in total. The number of thioether (sulfide) groups is 1. The van der Waals surface area contributed by atoms with E-state index in [1.807, 2.05) is 48.5 Å². The first kappa shape index (κ1) is 15.9. The highest BCUT2D eigenvalue weighted by Gasteiger charge is 2.17. The summed E-state index contributed by atoms with van der Waals surface area (Å²) in [6.07, 6.45) is 0. The molecule has 4 aromatic rings. The molecule has 0 radical (unpaired) electrons. The van der Waals surface area contributed by atoms with Crippen LogP contribution in [0.2, 0.25) is 0 Å². The van der Waals surface area contributed by atoms with E-state index in [0.29, 0.717) is 40.1 Å². The first-order chi connectivity index (χ1) is 13.3. The zero-order valence-corrected chi connectivity index (χ0v) is 14.7. The number of ether oxygens (including phenoxy) is 2. The van der Waals surface area contributed by atoms with E-state index in [2.05, 4.69) is 20.3 Å². The van der Waals surface area contributed by atoms with Gasteiger partial charge in [-0.05, 0) is 18.2 Å². The fourth-order valence-electron chi connectivity index (χ4n) is 2.56. The highest BCUT2D eigenvalue weighted by molar-refractivity contribution is 7.98. The SMILES string of the molecule is c1ccc(-c2noc(CSc3nnc(-c4ccc5c(c4)OCO5)o3)n2)cc1. The highest BCUT2D eigenvalue weighted by Crippen LogP contribution is 2.36. The number of aromatic nitrogens is 4. The van der Waals surface area contributed by atoms with Gasteiger partial charge in [-0.2, -0.15) is 4.98 Å². The van der Waals surface area contributed by atoms with Crippen LogP contribution in [0.4, 0.5) is 0 Å². The van der Waals surface area contributed by atoms with E-state index in [9.17, 15) is 0 Å². The lowest BCUT2D eigenvalue weighted by atomic mass is 10.2. The largest absolute Gasteiger partial charge is 0.454 e. The van der Waals surface area contributed by atoms with E-state index in [1.54, 1.807) is 0 Å². The number of fused-ring (bicyclic) bond motifs is 1. The lowest BCUT2D eigenvalue weighted by molar-refractivity contribution is 0.174. The Morgan fingerprint density at radius 2 is 1.81 bits per heavy atom. The molecule has 2 aromatic carbocycles. The van der Waals surface area contributed by atoms with Crippen molar-refractivity contribution in [3.63, 3.8) is 0 Å². The molecular formula is C18H12N4O4S. The predicted octanol–water partition coefficient (Wildman–Crippen LogP) is 3.81. The number of benzene rings is 2. The molecule has 3 heterocycles. The van der Waals surface area contributed by atoms with E-state index in [-0.39, 0.29) is 6.79 Å². The standard InChI is InChI=1S/C18H12N4O4S/c1-2-4-11(5-3-1)16-19-15(26-22-16)9-27-18-21-20-17(25-18)12-6-7-13-14(8-12)24-10-23-13/h1-8H,9-10H2. The van der Waals surface area contributed by atoms with Gasteiger partial charge in [-0.1, -0.05) is 47.3 Å². The molecule has 9 heteroatoms. The molecular weight excluding hydrogens is 368 g/mol. The monoisotopic (exact) mass is 380 g/mol. The fraction of sp³-hybridized carbons (Fsp3) is 0.111. The van der Waals surface area contributed by atoms with Crippen LogP contribution >= 0.6 is 11.8 Å². The molecule has 8 nitrogen and oxygen atoms in total. The summed E-state index contributed by atoms with van der Waals surface area (Å²) in [6.45, 7) is 0.221. The lowest BCUT2D eigenvalue weighted by Crippen LogP contribution is -1.92. The molecule has 2 aromatic heterocycles. The number of nitrogens with zero attached hydrogens (tertiary/aromatic N) is 4. The van der Waals surface area contributed by atoms with Crippen LogP contribution < -0.4 is 9.47 Å². The van der Waals surface area contributed by atoms with E-state index in [4.69, 9.17) is 18.4 Å². The van der Waals surface area contributed by atoms with E-state index in [1.165, 1.54) is 11.8 Å². The summed E-state index contributed by atoms with van der Waals surface area (Å²) in [5.74, 6) is 3.26. The summed E-state index contributed by atoms with van der Waals surface area (Å²) < 4.78 is 21.6. The smallest absolute Gasteiger partial charge is 0.277 e. The predicted molar refractivity (Wildman–Crippen MR) is 95.2 cm³/mol. The van der Waals surface area contributed by atoms with Crippen molar-refractivity contribution in [1.82, 2.24) is 20.3 Å². The van der Waals surface area contributed by atoms with Gasteiger partial charge < -0.3 is 18.4 Å². The minimum Gasteiger partial charge on any atom is -0.454 e. The van der Waals surface area contributed by atoms with Gasteiger partial charge in [-0.3, -0.25) is 0 Å². The third-order valence-corrected chi connectivity index (χ3v) is 4.65. The number of rotatable bonds is 5. The van der Waals surface area contributed by atoms with Gasteiger partial charge in [0.25, 0.3) is 5.22 Å². The van der Waals surface area contributed by atoms with Crippen molar-refractivity contribution < 1.29 is 18.4 Å². The normalized spacial score (nSPS) is 12.4. The van der Waals surface area contributed by atoms with Gasteiger partial charge in [0.1, 0.15) is 0 Å². The summed E-state index contributed by atoms with van der Waals surface area (Å²) in [5, 5.41) is 12.5. The Bertz CT molecular complexity index is 1080. The number of hydrogen-bond donors (Lipinski definition) is 0. The van der Waals surface area contributed by atoms with E-state index >= 15 is 0 Å². The Labute approximate surface area is 157 Å². The van der Waals surface area contributed by atoms with Gasteiger partial charge in [-0.25, -0.2) is 0 Å². The van der Waals surface area contributed by atoms with Crippen molar-refractivity contribution in [2.75, 3.05) is 6.79 Å². The van der Waals surface area contributed by atoms with Crippen LogP contribution in [0.15, 0.2) is 62.7 Å². The van der Waals surface area contributed by atoms with Crippen LogP contribution in [0.1, 0.15) is 5.89 Å². The zero-order chi connectivity index (χ0) is 18.1. The first-order valence-corrected chi connectivity index (χ1v) is 9.08. The van der Waals surface area contributed by atoms with Crippen LogP contribution in [0.5, 0.6) is 11.5 Å². The van der Waals surface area contributed by atoms with Gasteiger partial charge in [0.15, 0.2) is 11.5 Å². The summed E-state index contributed by atoms with van der Waals surface area (Å²) >= 11 is 1.33. The summed E-state index contributed by atoms with van der Waals surface area (Å²) in [6, 6.07) is 15.1. The molecule has 0 aliphatic carbocycles. The molecule has 0 saturated carbocycles. The van der Waals surface area contributed by atoms with Crippen molar-refractivity contribution in [3.8, 4) is 34.3 Å². The fourth-order valence-corrected chi connectivity index (χ4v) is 3.16. The summed E-state index contributed by atoms with van der Waals surface area (Å²) in [4.78, 5) is 4.38. The average molecular weight is 380 g/mol. The van der Waals surface area contributed by atoms with E-state index < -0.39 is 0 Å². The van der Waals surface area contributed by atoms with Crippen molar-refractivity contribution in [3.05, 3.63) is 54.4 Å². The van der Waals surface area contributed by atoms with Crippen LogP contribution in [0.3, 0.4) is 0 Å². The Hall–Kier alpha value is -3.33. The van der Waals surface area contributed by atoms with Gasteiger partial charge in [0.2, 0.25) is 24.4 Å². The lowest BCUT2D eigenvalue weighted by Gasteiger charge is -1.97. The van der Waals surface area contributed by atoms with Crippen molar-refractivity contribution in [1.29, 1.82) is 0 Å². The average Bonchev–Trinajstić information content (AvgIpc) is 3.46. The minimum atomic E-state index is 0.221. The van der Waals surface area contributed by atoms with Crippen LogP contribution in [0, 0.1) is 0 Å². The van der Waals surface area contributed by atoms with Crippen LogP contribution in [0.25, 0.3) is 22.8 Å². The Morgan fingerprint density at radius 3 is 2.74 bits per heavy atom. The maximum absolute atomic E-state index is 5.70. The molecule has 0 fully saturated rings. The molecule has 1 aliphatic heterocycles. The van der Waals surface area contributed by atoms with Crippen molar-refractivity contribution >= 4 is 11.8 Å². The van der Waals surface area contributed by atoms with Crippen molar-refractivity contribution in [2.24, 2.45) is 0 Å². The quantitative estimate of drug-likeness (QED) is 0.479. The minimum absolute atomic E-state index is 0.221. The van der Waals surface area contributed by atoms with E-state index in [0.717, 1.165) is 11.1 Å². The molecule has 0 unspecified atom stereocenters. The molecule has 0 atom stereocenters. The second-order valence-electron chi connectivity index (χ2n) is 5.61. The molecule has 134 valence electrons. The summed E-state index contributed by atoms with van der Waals surface area (Å²) in [7, 11) is 0. The van der Waals surface area contributed by atoms with Crippen molar-refractivity contribution in [2.45, 2.75) is 11.0 Å². The molecule has 5 rings (SSSR count). The van der Waals surface area contributed by atoms with Gasteiger partial charge in [0, 0.05) is 11.1 Å². The molecule has 27 heavy (non-hydrogen) atoms. The first-order valence-electron chi connectivity index (χ1n) is 8.09.